The molecule has 0 fully saturated rings. The van der Waals surface area contributed by atoms with E-state index in [-0.39, 0.29) is 11.8 Å². The zero-order chi connectivity index (χ0) is 17.6. The maximum Gasteiger partial charge on any atom is 0.240 e. The van der Waals surface area contributed by atoms with Crippen molar-refractivity contribution in [1.82, 2.24) is 4.72 Å². The second-order valence-corrected chi connectivity index (χ2v) is 7.88. The summed E-state index contributed by atoms with van der Waals surface area (Å²) >= 11 is 0. The summed E-state index contributed by atoms with van der Waals surface area (Å²) in [5, 5.41) is 0. The van der Waals surface area contributed by atoms with Gasteiger partial charge in [0.15, 0.2) is 0 Å². The molecule has 24 heavy (non-hydrogen) atoms. The van der Waals surface area contributed by atoms with Gasteiger partial charge in [0.25, 0.3) is 0 Å². The molecule has 1 unspecified atom stereocenters. The van der Waals surface area contributed by atoms with Crippen LogP contribution in [0.15, 0.2) is 72.1 Å². The highest BCUT2D eigenvalue weighted by Gasteiger charge is 2.19. The smallest absolute Gasteiger partial charge is 0.211 e. The molecule has 0 aromatic heterocycles. The fourth-order valence-corrected chi connectivity index (χ4v) is 3.79. The molecule has 0 heterocycles. The quantitative estimate of drug-likeness (QED) is 0.728. The Bertz CT molecular complexity index is 752. The van der Waals surface area contributed by atoms with E-state index in [1.165, 1.54) is 5.56 Å². The van der Waals surface area contributed by atoms with Crippen molar-refractivity contribution in [2.75, 3.05) is 6.54 Å². The van der Waals surface area contributed by atoms with Crippen molar-refractivity contribution in [1.29, 1.82) is 0 Å². The van der Waals surface area contributed by atoms with E-state index in [2.05, 4.69) is 30.4 Å². The molecule has 2 rings (SSSR count). The SMILES string of the molecule is C=CC(C)[C@H](CCNS(=O)(=O)c1ccc(C)cc1)c1ccccc1. The van der Waals surface area contributed by atoms with Crippen LogP contribution in [0, 0.1) is 12.8 Å². The summed E-state index contributed by atoms with van der Waals surface area (Å²) in [6.07, 6.45) is 2.65. The van der Waals surface area contributed by atoms with E-state index in [1.54, 1.807) is 24.3 Å². The Labute approximate surface area is 145 Å². The summed E-state index contributed by atoms with van der Waals surface area (Å²) in [6.45, 7) is 8.32. The zero-order valence-corrected chi connectivity index (χ0v) is 15.1. The molecular weight excluding hydrogens is 318 g/mol. The lowest BCUT2D eigenvalue weighted by atomic mass is 9.85. The average molecular weight is 343 g/mol. The first kappa shape index (κ1) is 18.4. The van der Waals surface area contributed by atoms with Gasteiger partial charge in [-0.1, -0.05) is 61.0 Å². The van der Waals surface area contributed by atoms with Crippen molar-refractivity contribution < 1.29 is 8.42 Å². The fraction of sp³-hybridized carbons (Fsp3) is 0.300. The third-order valence-corrected chi connectivity index (χ3v) is 5.79. The molecule has 2 atom stereocenters. The van der Waals surface area contributed by atoms with Crippen LogP contribution in [0.25, 0.3) is 0 Å². The van der Waals surface area contributed by atoms with E-state index < -0.39 is 10.0 Å². The topological polar surface area (TPSA) is 46.2 Å². The van der Waals surface area contributed by atoms with Gasteiger partial charge in [-0.2, -0.15) is 0 Å². The van der Waals surface area contributed by atoms with Crippen molar-refractivity contribution in [2.45, 2.75) is 31.1 Å². The van der Waals surface area contributed by atoms with Gasteiger partial charge in [0.1, 0.15) is 0 Å². The van der Waals surface area contributed by atoms with Crippen molar-refractivity contribution in [3.05, 3.63) is 78.4 Å². The Morgan fingerprint density at radius 2 is 1.71 bits per heavy atom. The van der Waals surface area contributed by atoms with Crippen LogP contribution in [0.4, 0.5) is 0 Å². The van der Waals surface area contributed by atoms with E-state index in [0.717, 1.165) is 12.0 Å². The molecule has 0 bridgehead atoms. The molecule has 128 valence electrons. The Morgan fingerprint density at radius 3 is 2.29 bits per heavy atom. The Morgan fingerprint density at radius 1 is 1.08 bits per heavy atom. The lowest BCUT2D eigenvalue weighted by molar-refractivity contribution is 0.502. The number of hydrogen-bond donors (Lipinski definition) is 1. The van der Waals surface area contributed by atoms with E-state index in [4.69, 9.17) is 0 Å². The van der Waals surface area contributed by atoms with Crippen LogP contribution >= 0.6 is 0 Å². The summed E-state index contributed by atoms with van der Waals surface area (Å²) in [5.41, 5.74) is 2.25. The summed E-state index contributed by atoms with van der Waals surface area (Å²) in [6, 6.07) is 17.1. The summed E-state index contributed by atoms with van der Waals surface area (Å²) in [7, 11) is -3.46. The highest BCUT2D eigenvalue weighted by Crippen LogP contribution is 2.28. The number of aryl methyl sites for hydroxylation is 1. The van der Waals surface area contributed by atoms with Crippen LogP contribution in [0.3, 0.4) is 0 Å². The molecule has 0 radical (unpaired) electrons. The summed E-state index contributed by atoms with van der Waals surface area (Å²) in [4.78, 5) is 0.307. The predicted molar refractivity (Wildman–Crippen MR) is 99.5 cm³/mol. The minimum atomic E-state index is -3.46. The third kappa shape index (κ3) is 4.79. The fourth-order valence-electron chi connectivity index (χ4n) is 2.75. The second-order valence-electron chi connectivity index (χ2n) is 6.11. The van der Waals surface area contributed by atoms with Crippen LogP contribution in [-0.2, 0) is 10.0 Å². The van der Waals surface area contributed by atoms with E-state index in [0.29, 0.717) is 11.4 Å². The first-order valence-electron chi connectivity index (χ1n) is 8.18. The van der Waals surface area contributed by atoms with E-state index in [1.807, 2.05) is 31.2 Å². The van der Waals surface area contributed by atoms with Gasteiger partial charge in [0.05, 0.1) is 4.90 Å². The minimum absolute atomic E-state index is 0.240. The first-order chi connectivity index (χ1) is 11.4. The highest BCUT2D eigenvalue weighted by atomic mass is 32.2. The van der Waals surface area contributed by atoms with Crippen LogP contribution in [-0.4, -0.2) is 15.0 Å². The van der Waals surface area contributed by atoms with Crippen LogP contribution in [0.1, 0.15) is 30.4 Å². The number of sulfonamides is 1. The van der Waals surface area contributed by atoms with Crippen molar-refractivity contribution >= 4 is 10.0 Å². The van der Waals surface area contributed by atoms with Crippen LogP contribution in [0.5, 0.6) is 0 Å². The maximum absolute atomic E-state index is 12.4. The number of allylic oxidation sites excluding steroid dienone is 1. The molecule has 1 N–H and O–H groups in total. The number of nitrogens with one attached hydrogen (secondary N) is 1. The number of rotatable bonds is 8. The van der Waals surface area contributed by atoms with Gasteiger partial charge in [-0.25, -0.2) is 13.1 Å². The molecular formula is C20H25NO2S. The summed E-state index contributed by atoms with van der Waals surface area (Å²) < 4.78 is 27.5. The molecule has 2 aromatic rings. The lowest BCUT2D eigenvalue weighted by Gasteiger charge is -2.22. The third-order valence-electron chi connectivity index (χ3n) is 4.31. The van der Waals surface area contributed by atoms with Gasteiger partial charge in [-0.15, -0.1) is 6.58 Å². The molecule has 0 spiro atoms. The van der Waals surface area contributed by atoms with Crippen molar-refractivity contribution in [2.24, 2.45) is 5.92 Å². The largest absolute Gasteiger partial charge is 0.240 e. The van der Waals surface area contributed by atoms with Crippen LogP contribution in [0.2, 0.25) is 0 Å². The molecule has 3 nitrogen and oxygen atoms in total. The van der Waals surface area contributed by atoms with Crippen LogP contribution < -0.4 is 4.72 Å². The molecule has 0 saturated heterocycles. The number of hydrogen-bond acceptors (Lipinski definition) is 2. The molecule has 4 heteroatoms. The minimum Gasteiger partial charge on any atom is -0.211 e. The monoisotopic (exact) mass is 343 g/mol. The maximum atomic E-state index is 12.4. The van der Waals surface area contributed by atoms with Gasteiger partial charge in [-0.3, -0.25) is 0 Å². The second kappa shape index (κ2) is 8.27. The zero-order valence-electron chi connectivity index (χ0n) is 14.3. The van der Waals surface area contributed by atoms with E-state index in [9.17, 15) is 8.42 Å². The van der Waals surface area contributed by atoms with Crippen molar-refractivity contribution in [3.8, 4) is 0 Å². The Kier molecular flexibility index (Phi) is 6.35. The van der Waals surface area contributed by atoms with Gasteiger partial charge >= 0.3 is 0 Å². The highest BCUT2D eigenvalue weighted by molar-refractivity contribution is 7.89. The molecule has 0 aliphatic carbocycles. The Hall–Kier alpha value is -1.91. The first-order valence-corrected chi connectivity index (χ1v) is 9.66. The Balaban J connectivity index is 2.04. The van der Waals surface area contributed by atoms with Gasteiger partial charge in [-0.05, 0) is 42.9 Å². The van der Waals surface area contributed by atoms with E-state index >= 15 is 0 Å². The standard InChI is InChI=1S/C20H25NO2S/c1-4-17(3)20(18-8-6-5-7-9-18)14-15-21-24(22,23)19-12-10-16(2)11-13-19/h4-13,17,20-21H,1,14-15H2,2-3H3/t17?,20-/m0/s1. The van der Waals surface area contributed by atoms with Crippen molar-refractivity contribution in [3.63, 3.8) is 0 Å². The molecule has 0 amide bonds. The molecule has 0 aliphatic rings. The van der Waals surface area contributed by atoms with Gasteiger partial charge < -0.3 is 0 Å². The van der Waals surface area contributed by atoms with Gasteiger partial charge in [0, 0.05) is 6.54 Å². The normalized spacial score (nSPS) is 14.1. The molecule has 0 aliphatic heterocycles. The summed E-state index contributed by atoms with van der Waals surface area (Å²) in [5.74, 6) is 0.515. The predicted octanol–water partition coefficient (Wildman–Crippen LogP) is 4.27. The molecule has 0 saturated carbocycles. The average Bonchev–Trinajstić information content (AvgIpc) is 2.59. The molecule has 2 aromatic carbocycles. The number of benzene rings is 2. The lowest BCUT2D eigenvalue weighted by Crippen LogP contribution is -2.26. The van der Waals surface area contributed by atoms with Gasteiger partial charge in [0.2, 0.25) is 10.0 Å².